The molecule has 0 aromatic heterocycles. The van der Waals surface area contributed by atoms with Crippen molar-refractivity contribution in [1.29, 1.82) is 0 Å². The molecule has 1 N–H and O–H groups in total. The Hall–Kier alpha value is -2.76. The van der Waals surface area contributed by atoms with E-state index >= 15 is 0 Å². The van der Waals surface area contributed by atoms with Crippen molar-refractivity contribution in [2.75, 3.05) is 6.61 Å². The average molecular weight is 501 g/mol. The van der Waals surface area contributed by atoms with Crippen LogP contribution in [0.3, 0.4) is 0 Å². The molecule has 0 saturated heterocycles. The highest BCUT2D eigenvalue weighted by Crippen LogP contribution is 2.26. The number of hydrogen-bond donors (Lipinski definition) is 1. The number of amides is 2. The van der Waals surface area contributed by atoms with Crippen LogP contribution in [0.5, 0.6) is 5.75 Å². The van der Waals surface area contributed by atoms with E-state index in [0.717, 1.165) is 22.8 Å². The fraction of sp³-hybridized carbons (Fsp3) is 0.333. The van der Waals surface area contributed by atoms with Crippen LogP contribution in [0.2, 0.25) is 10.0 Å². The summed E-state index contributed by atoms with van der Waals surface area (Å²) in [4.78, 5) is 28.0. The molecule has 2 amide bonds. The number of hydrogen-bond acceptors (Lipinski definition) is 3. The zero-order valence-electron chi connectivity index (χ0n) is 19.7. The monoisotopic (exact) mass is 500 g/mol. The summed E-state index contributed by atoms with van der Waals surface area (Å²) in [6, 6.07) is 18.1. The maximum atomic E-state index is 13.4. The molecule has 0 saturated carbocycles. The lowest BCUT2D eigenvalue weighted by Gasteiger charge is -2.31. The molecule has 34 heavy (non-hydrogen) atoms. The molecule has 5 nitrogen and oxygen atoms in total. The van der Waals surface area contributed by atoms with Gasteiger partial charge in [-0.1, -0.05) is 79.5 Å². The molecule has 0 aliphatic rings. The normalized spacial score (nSPS) is 12.7. The van der Waals surface area contributed by atoms with Gasteiger partial charge in [0, 0.05) is 18.0 Å². The van der Waals surface area contributed by atoms with E-state index in [2.05, 4.69) is 5.32 Å². The molecule has 180 valence electrons. The third kappa shape index (κ3) is 6.43. The Kier molecular flexibility index (Phi) is 9.20. The van der Waals surface area contributed by atoms with Crippen molar-refractivity contribution in [3.8, 4) is 5.75 Å². The van der Waals surface area contributed by atoms with E-state index in [1.54, 1.807) is 23.1 Å². The quantitative estimate of drug-likeness (QED) is 0.358. The van der Waals surface area contributed by atoms with Gasteiger partial charge in [0.05, 0.1) is 10.0 Å². The van der Waals surface area contributed by atoms with Gasteiger partial charge in [-0.15, -0.1) is 0 Å². The van der Waals surface area contributed by atoms with Crippen molar-refractivity contribution in [3.63, 3.8) is 0 Å². The minimum atomic E-state index is -0.646. The number of rotatable bonds is 10. The van der Waals surface area contributed by atoms with Crippen LogP contribution in [0.4, 0.5) is 0 Å². The van der Waals surface area contributed by atoms with Gasteiger partial charge in [0.15, 0.2) is 6.61 Å². The second-order valence-corrected chi connectivity index (χ2v) is 9.09. The first-order valence-corrected chi connectivity index (χ1v) is 12.2. The molecule has 2 atom stereocenters. The highest BCUT2D eigenvalue weighted by atomic mass is 35.5. The second-order valence-electron chi connectivity index (χ2n) is 8.28. The molecule has 0 unspecified atom stereocenters. The third-order valence-electron chi connectivity index (χ3n) is 5.82. The van der Waals surface area contributed by atoms with E-state index in [9.17, 15) is 9.59 Å². The Bertz CT molecular complexity index is 1150. The van der Waals surface area contributed by atoms with Crippen LogP contribution in [-0.4, -0.2) is 35.4 Å². The van der Waals surface area contributed by atoms with Gasteiger partial charge in [-0.3, -0.25) is 9.59 Å². The van der Waals surface area contributed by atoms with E-state index in [-0.39, 0.29) is 31.0 Å². The van der Waals surface area contributed by atoms with Gasteiger partial charge in [-0.2, -0.15) is 0 Å². The molecule has 3 aromatic rings. The minimum absolute atomic E-state index is 0.00964. The lowest BCUT2D eigenvalue weighted by molar-refractivity contribution is -0.143. The molecule has 3 aromatic carbocycles. The van der Waals surface area contributed by atoms with Crippen LogP contribution in [-0.2, 0) is 16.1 Å². The number of carbonyl (C=O) groups is 2. The second kappa shape index (κ2) is 12.1. The summed E-state index contributed by atoms with van der Waals surface area (Å²) >= 11 is 12.3. The van der Waals surface area contributed by atoms with Crippen LogP contribution in [0, 0.1) is 0 Å². The maximum absolute atomic E-state index is 13.4. The van der Waals surface area contributed by atoms with Gasteiger partial charge in [0.25, 0.3) is 5.91 Å². The van der Waals surface area contributed by atoms with Crippen molar-refractivity contribution in [1.82, 2.24) is 10.2 Å². The molecule has 0 radical (unpaired) electrons. The van der Waals surface area contributed by atoms with Gasteiger partial charge in [0.1, 0.15) is 11.8 Å². The average Bonchev–Trinajstić information content (AvgIpc) is 2.84. The predicted molar refractivity (Wildman–Crippen MR) is 138 cm³/mol. The molecule has 0 bridgehead atoms. The van der Waals surface area contributed by atoms with Gasteiger partial charge in [-0.05, 0) is 48.9 Å². The summed E-state index contributed by atoms with van der Waals surface area (Å²) in [5, 5.41) is 5.79. The molecular formula is C27H30Cl2N2O3. The molecule has 0 spiro atoms. The predicted octanol–water partition coefficient (Wildman–Crippen LogP) is 6.25. The number of carbonyl (C=O) groups excluding carboxylic acids is 2. The van der Waals surface area contributed by atoms with E-state index in [1.165, 1.54) is 0 Å². The Labute approximate surface area is 211 Å². The number of halogens is 2. The van der Waals surface area contributed by atoms with E-state index in [1.807, 2.05) is 63.2 Å². The zero-order valence-corrected chi connectivity index (χ0v) is 21.2. The number of fused-ring (bicyclic) bond motifs is 1. The van der Waals surface area contributed by atoms with Gasteiger partial charge < -0.3 is 15.0 Å². The van der Waals surface area contributed by atoms with Crippen LogP contribution < -0.4 is 10.1 Å². The van der Waals surface area contributed by atoms with E-state index in [4.69, 9.17) is 27.9 Å². The molecule has 3 rings (SSSR count). The number of benzene rings is 3. The first-order chi connectivity index (χ1) is 16.3. The largest absolute Gasteiger partial charge is 0.483 e. The fourth-order valence-corrected chi connectivity index (χ4v) is 4.06. The lowest BCUT2D eigenvalue weighted by atomic mass is 10.1. The summed E-state index contributed by atoms with van der Waals surface area (Å²) in [7, 11) is 0. The van der Waals surface area contributed by atoms with Crippen LogP contribution in [0.15, 0.2) is 60.7 Å². The highest BCUT2D eigenvalue weighted by Gasteiger charge is 2.29. The molecule has 7 heteroatoms. The topological polar surface area (TPSA) is 58.6 Å². The van der Waals surface area contributed by atoms with Crippen LogP contribution >= 0.6 is 23.2 Å². The van der Waals surface area contributed by atoms with Gasteiger partial charge in [0.2, 0.25) is 5.91 Å². The van der Waals surface area contributed by atoms with Crippen molar-refractivity contribution in [2.24, 2.45) is 0 Å². The number of nitrogens with one attached hydrogen (secondary N) is 1. The maximum Gasteiger partial charge on any atom is 0.261 e. The Balaban J connectivity index is 1.85. The highest BCUT2D eigenvalue weighted by molar-refractivity contribution is 6.42. The molecule has 0 fully saturated rings. The molecule has 0 aliphatic carbocycles. The van der Waals surface area contributed by atoms with Crippen molar-refractivity contribution in [2.45, 2.75) is 52.2 Å². The first kappa shape index (κ1) is 25.9. The minimum Gasteiger partial charge on any atom is -0.483 e. The summed E-state index contributed by atoms with van der Waals surface area (Å²) in [6.07, 6.45) is 1.26. The standard InChI is InChI=1S/C27H30Cl2N2O3/c1-4-18(3)30-27(33)24(5-2)31(16-19-13-14-22(28)23(29)15-19)26(32)17-34-25-12-8-10-20-9-6-7-11-21(20)25/h6-15,18,24H,4-5,16-17H2,1-3H3,(H,30,33)/t18-,24-/m0/s1. The summed E-state index contributed by atoms with van der Waals surface area (Å²) in [6.45, 7) is 5.85. The van der Waals surface area contributed by atoms with Gasteiger partial charge >= 0.3 is 0 Å². The first-order valence-electron chi connectivity index (χ1n) is 11.5. The Morgan fingerprint density at radius 3 is 2.41 bits per heavy atom. The van der Waals surface area contributed by atoms with E-state index < -0.39 is 6.04 Å². The molecule has 0 heterocycles. The van der Waals surface area contributed by atoms with E-state index in [0.29, 0.717) is 22.2 Å². The fourth-order valence-electron chi connectivity index (χ4n) is 3.74. The summed E-state index contributed by atoms with van der Waals surface area (Å²) < 4.78 is 5.95. The van der Waals surface area contributed by atoms with Crippen molar-refractivity contribution >= 4 is 45.8 Å². The Morgan fingerprint density at radius 2 is 1.71 bits per heavy atom. The van der Waals surface area contributed by atoms with Crippen molar-refractivity contribution in [3.05, 3.63) is 76.3 Å². The van der Waals surface area contributed by atoms with Gasteiger partial charge in [-0.25, -0.2) is 0 Å². The summed E-state index contributed by atoms with van der Waals surface area (Å²) in [5.41, 5.74) is 0.780. The van der Waals surface area contributed by atoms with Crippen LogP contribution in [0.25, 0.3) is 10.8 Å². The SMILES string of the molecule is CC[C@H](C)NC(=O)[C@H](CC)N(Cc1ccc(Cl)c(Cl)c1)C(=O)COc1cccc2ccccc12. The molecular weight excluding hydrogens is 471 g/mol. The zero-order chi connectivity index (χ0) is 24.7. The number of ether oxygens (including phenoxy) is 1. The third-order valence-corrected chi connectivity index (χ3v) is 6.56. The van der Waals surface area contributed by atoms with Crippen molar-refractivity contribution < 1.29 is 14.3 Å². The Morgan fingerprint density at radius 1 is 0.971 bits per heavy atom. The summed E-state index contributed by atoms with van der Waals surface area (Å²) in [5.74, 6) is 0.152. The smallest absolute Gasteiger partial charge is 0.261 e. The van der Waals surface area contributed by atoms with Crippen LogP contribution in [0.1, 0.15) is 39.2 Å². The number of nitrogens with zero attached hydrogens (tertiary/aromatic N) is 1. The lowest BCUT2D eigenvalue weighted by Crippen LogP contribution is -2.51. The molecule has 0 aliphatic heterocycles.